The molecule has 1 fully saturated rings. The molecule has 0 amide bonds. The Morgan fingerprint density at radius 2 is 2.35 bits per heavy atom. The number of anilines is 1. The van der Waals surface area contributed by atoms with Gasteiger partial charge in [-0.2, -0.15) is 0 Å². The van der Waals surface area contributed by atoms with Crippen LogP contribution in [0.15, 0.2) is 12.3 Å². The molecule has 2 aliphatic rings. The van der Waals surface area contributed by atoms with Crippen LogP contribution in [-0.2, 0) is 6.42 Å². The van der Waals surface area contributed by atoms with Gasteiger partial charge in [0.15, 0.2) is 0 Å². The van der Waals surface area contributed by atoms with Crippen LogP contribution >= 0.6 is 0 Å². The molecule has 0 bridgehead atoms. The van der Waals surface area contributed by atoms with Crippen LogP contribution < -0.4 is 15.0 Å². The quantitative estimate of drug-likeness (QED) is 0.791. The summed E-state index contributed by atoms with van der Waals surface area (Å²) < 4.78 is 6.12. The third-order valence-electron chi connectivity index (χ3n) is 3.68. The van der Waals surface area contributed by atoms with E-state index in [2.05, 4.69) is 23.3 Å². The van der Waals surface area contributed by atoms with Gasteiger partial charge in [-0.3, -0.25) is 0 Å². The van der Waals surface area contributed by atoms with Crippen LogP contribution in [0.3, 0.4) is 0 Å². The van der Waals surface area contributed by atoms with Crippen LogP contribution in [0.5, 0.6) is 5.75 Å². The normalized spacial score (nSPS) is 30.4. The van der Waals surface area contributed by atoms with Gasteiger partial charge in [0.1, 0.15) is 17.2 Å². The molecule has 1 N–H and O–H groups in total. The van der Waals surface area contributed by atoms with Gasteiger partial charge in [0.05, 0.1) is 6.20 Å². The Balaban J connectivity index is 1.88. The first-order valence-corrected chi connectivity index (χ1v) is 6.17. The number of ether oxygens (including phenoxy) is 1. The summed E-state index contributed by atoms with van der Waals surface area (Å²) in [5.41, 5.74) is 1.27. The second-order valence-electron chi connectivity index (χ2n) is 5.49. The van der Waals surface area contributed by atoms with E-state index < -0.39 is 0 Å². The van der Waals surface area contributed by atoms with E-state index in [0.717, 1.165) is 31.0 Å². The molecule has 0 unspecified atom stereocenters. The van der Waals surface area contributed by atoms with E-state index >= 15 is 0 Å². The lowest BCUT2D eigenvalue weighted by atomic mass is 9.95. The highest BCUT2D eigenvalue weighted by Gasteiger charge is 2.44. The van der Waals surface area contributed by atoms with Crippen molar-refractivity contribution in [1.29, 1.82) is 0 Å². The van der Waals surface area contributed by atoms with Gasteiger partial charge in [0.2, 0.25) is 0 Å². The van der Waals surface area contributed by atoms with Gasteiger partial charge in [-0.25, -0.2) is 4.98 Å². The Morgan fingerprint density at radius 3 is 3.00 bits per heavy atom. The van der Waals surface area contributed by atoms with E-state index in [-0.39, 0.29) is 5.60 Å². The summed E-state index contributed by atoms with van der Waals surface area (Å²) >= 11 is 0. The Labute approximate surface area is 102 Å². The summed E-state index contributed by atoms with van der Waals surface area (Å²) in [5.74, 6) is 1.97. The molecule has 1 aromatic heterocycles. The minimum Gasteiger partial charge on any atom is -0.484 e. The van der Waals surface area contributed by atoms with E-state index in [4.69, 9.17) is 4.74 Å². The van der Waals surface area contributed by atoms with Gasteiger partial charge in [-0.15, -0.1) is 0 Å². The Hall–Kier alpha value is -1.29. The first-order valence-electron chi connectivity index (χ1n) is 6.17. The SMILES string of the molecule is C[C@H]1C[C@@]2(CN1)Cc1cc(N(C)C)ncc1O2. The molecule has 17 heavy (non-hydrogen) atoms. The minimum atomic E-state index is -0.0195. The van der Waals surface area contributed by atoms with Crippen molar-refractivity contribution < 1.29 is 4.74 Å². The number of hydrogen-bond donors (Lipinski definition) is 1. The van der Waals surface area contributed by atoms with Gasteiger partial charge in [-0.05, 0) is 13.0 Å². The van der Waals surface area contributed by atoms with E-state index in [9.17, 15) is 0 Å². The Bertz CT molecular complexity index is 446. The van der Waals surface area contributed by atoms with Crippen molar-refractivity contribution in [2.75, 3.05) is 25.5 Å². The summed E-state index contributed by atoms with van der Waals surface area (Å²) in [7, 11) is 4.03. The Morgan fingerprint density at radius 1 is 1.53 bits per heavy atom. The number of nitrogens with one attached hydrogen (secondary N) is 1. The largest absolute Gasteiger partial charge is 0.484 e. The van der Waals surface area contributed by atoms with Crippen LogP contribution in [-0.4, -0.2) is 37.3 Å². The number of fused-ring (bicyclic) bond motifs is 1. The molecule has 92 valence electrons. The van der Waals surface area contributed by atoms with Crippen molar-refractivity contribution in [3.63, 3.8) is 0 Å². The minimum absolute atomic E-state index is 0.0195. The smallest absolute Gasteiger partial charge is 0.142 e. The van der Waals surface area contributed by atoms with E-state index in [0.29, 0.717) is 6.04 Å². The molecule has 1 spiro atoms. The van der Waals surface area contributed by atoms with Crippen molar-refractivity contribution in [3.05, 3.63) is 17.8 Å². The molecule has 2 aliphatic heterocycles. The van der Waals surface area contributed by atoms with E-state index in [1.165, 1.54) is 5.56 Å². The molecule has 0 aromatic carbocycles. The molecule has 3 heterocycles. The van der Waals surface area contributed by atoms with Crippen molar-refractivity contribution in [2.45, 2.75) is 31.4 Å². The molecule has 3 rings (SSSR count). The number of aromatic nitrogens is 1. The molecular formula is C13H19N3O. The zero-order valence-corrected chi connectivity index (χ0v) is 10.7. The van der Waals surface area contributed by atoms with Crippen LogP contribution in [0.2, 0.25) is 0 Å². The van der Waals surface area contributed by atoms with Crippen LogP contribution in [0, 0.1) is 0 Å². The zero-order chi connectivity index (χ0) is 12.0. The average molecular weight is 233 g/mol. The maximum absolute atomic E-state index is 6.12. The van der Waals surface area contributed by atoms with E-state index in [1.54, 1.807) is 0 Å². The fraction of sp³-hybridized carbons (Fsp3) is 0.615. The maximum atomic E-state index is 6.12. The van der Waals surface area contributed by atoms with Gasteiger partial charge in [-0.1, -0.05) is 0 Å². The molecule has 0 aliphatic carbocycles. The van der Waals surface area contributed by atoms with Gasteiger partial charge in [0.25, 0.3) is 0 Å². The topological polar surface area (TPSA) is 37.4 Å². The first-order chi connectivity index (χ1) is 8.08. The van der Waals surface area contributed by atoms with Crippen LogP contribution in [0.25, 0.3) is 0 Å². The number of pyridine rings is 1. The predicted octanol–water partition coefficient (Wildman–Crippen LogP) is 1.20. The second-order valence-corrected chi connectivity index (χ2v) is 5.49. The highest BCUT2D eigenvalue weighted by Crippen LogP contribution is 2.40. The monoisotopic (exact) mass is 233 g/mol. The molecule has 0 radical (unpaired) electrons. The second kappa shape index (κ2) is 3.60. The summed E-state index contributed by atoms with van der Waals surface area (Å²) in [6.07, 6.45) is 3.95. The fourth-order valence-corrected chi connectivity index (χ4v) is 2.84. The molecular weight excluding hydrogens is 214 g/mol. The maximum Gasteiger partial charge on any atom is 0.142 e. The number of rotatable bonds is 1. The third-order valence-corrected chi connectivity index (χ3v) is 3.68. The lowest BCUT2D eigenvalue weighted by Crippen LogP contribution is -2.36. The summed E-state index contributed by atoms with van der Waals surface area (Å²) in [4.78, 5) is 6.43. The van der Waals surface area contributed by atoms with Crippen molar-refractivity contribution in [3.8, 4) is 5.75 Å². The summed E-state index contributed by atoms with van der Waals surface area (Å²) in [6.45, 7) is 3.16. The molecule has 2 atom stereocenters. The lowest BCUT2D eigenvalue weighted by molar-refractivity contribution is 0.115. The van der Waals surface area contributed by atoms with Gasteiger partial charge < -0.3 is 15.0 Å². The lowest BCUT2D eigenvalue weighted by Gasteiger charge is -2.21. The number of nitrogens with zero attached hydrogens (tertiary/aromatic N) is 2. The van der Waals surface area contributed by atoms with Gasteiger partial charge in [0, 0.05) is 45.1 Å². The van der Waals surface area contributed by atoms with Crippen molar-refractivity contribution in [1.82, 2.24) is 10.3 Å². The highest BCUT2D eigenvalue weighted by molar-refractivity contribution is 5.48. The molecule has 4 nitrogen and oxygen atoms in total. The van der Waals surface area contributed by atoms with Gasteiger partial charge >= 0.3 is 0 Å². The van der Waals surface area contributed by atoms with Crippen LogP contribution in [0.4, 0.5) is 5.82 Å². The Kier molecular flexibility index (Phi) is 2.30. The molecule has 1 aromatic rings. The fourth-order valence-electron chi connectivity index (χ4n) is 2.84. The third kappa shape index (κ3) is 1.76. The molecule has 1 saturated heterocycles. The summed E-state index contributed by atoms with van der Waals surface area (Å²) in [5, 5.41) is 3.47. The van der Waals surface area contributed by atoms with E-state index in [1.807, 2.05) is 25.2 Å². The first kappa shape index (κ1) is 10.8. The average Bonchev–Trinajstić information content (AvgIpc) is 2.80. The molecule has 4 heteroatoms. The molecule has 0 saturated carbocycles. The van der Waals surface area contributed by atoms with Crippen molar-refractivity contribution >= 4 is 5.82 Å². The highest BCUT2D eigenvalue weighted by atomic mass is 16.5. The zero-order valence-electron chi connectivity index (χ0n) is 10.7. The predicted molar refractivity (Wildman–Crippen MR) is 67.7 cm³/mol. The van der Waals surface area contributed by atoms with Crippen molar-refractivity contribution in [2.24, 2.45) is 0 Å². The van der Waals surface area contributed by atoms with Crippen LogP contribution in [0.1, 0.15) is 18.9 Å². The summed E-state index contributed by atoms with van der Waals surface area (Å²) in [6, 6.07) is 2.69. The number of hydrogen-bond acceptors (Lipinski definition) is 4. The standard InChI is InChI=1S/C13H19N3O/c1-9-5-13(8-15-9)6-10-4-12(16(2)3)14-7-11(10)17-13/h4,7,9,15H,5-6,8H2,1-3H3/t9-,13-/m0/s1.